The summed E-state index contributed by atoms with van der Waals surface area (Å²) in [5.41, 5.74) is 6.11. The van der Waals surface area contributed by atoms with E-state index in [4.69, 9.17) is 10.8 Å². The molecular weight excluding hydrogens is 244 g/mol. The van der Waals surface area contributed by atoms with Gasteiger partial charge >= 0.3 is 5.97 Å². The van der Waals surface area contributed by atoms with Gasteiger partial charge in [-0.05, 0) is 24.7 Å². The zero-order valence-corrected chi connectivity index (χ0v) is 12.2. The van der Waals surface area contributed by atoms with E-state index < -0.39 is 5.97 Å². The second-order valence-corrected chi connectivity index (χ2v) is 6.69. The molecule has 0 aliphatic heterocycles. The van der Waals surface area contributed by atoms with E-state index >= 15 is 0 Å². The largest absolute Gasteiger partial charge is 0.481 e. The van der Waals surface area contributed by atoms with E-state index in [0.717, 1.165) is 19.3 Å². The minimum Gasteiger partial charge on any atom is -0.481 e. The van der Waals surface area contributed by atoms with Crippen LogP contribution in [-0.2, 0) is 9.59 Å². The highest BCUT2D eigenvalue weighted by Crippen LogP contribution is 2.28. The molecule has 0 saturated heterocycles. The van der Waals surface area contributed by atoms with Gasteiger partial charge in [0.25, 0.3) is 0 Å². The van der Waals surface area contributed by atoms with Crippen LogP contribution < -0.4 is 5.73 Å². The number of nitrogens with two attached hydrogens (primary N) is 1. The molecule has 1 unspecified atom stereocenters. The van der Waals surface area contributed by atoms with Crippen molar-refractivity contribution in [3.05, 3.63) is 0 Å². The highest BCUT2D eigenvalue weighted by Gasteiger charge is 2.33. The number of carbonyl (C=O) groups is 2. The molecule has 1 amide bonds. The van der Waals surface area contributed by atoms with E-state index in [0.29, 0.717) is 13.0 Å². The van der Waals surface area contributed by atoms with E-state index in [1.807, 2.05) is 0 Å². The van der Waals surface area contributed by atoms with Gasteiger partial charge in [-0.15, -0.1) is 0 Å². The van der Waals surface area contributed by atoms with Crippen LogP contribution in [0.4, 0.5) is 0 Å². The van der Waals surface area contributed by atoms with Crippen molar-refractivity contribution in [2.24, 2.45) is 11.1 Å². The van der Waals surface area contributed by atoms with Crippen molar-refractivity contribution >= 4 is 11.9 Å². The molecule has 0 aromatic heterocycles. The second kappa shape index (κ2) is 6.37. The molecule has 19 heavy (non-hydrogen) atoms. The molecule has 1 aliphatic rings. The van der Waals surface area contributed by atoms with Gasteiger partial charge in [0.15, 0.2) is 0 Å². The minimum absolute atomic E-state index is 0.000463. The molecule has 5 heteroatoms. The number of rotatable bonds is 7. The molecule has 0 heterocycles. The number of carboxylic acid groups (broad SMARTS) is 1. The van der Waals surface area contributed by atoms with E-state index in [1.54, 1.807) is 4.90 Å². The van der Waals surface area contributed by atoms with Gasteiger partial charge in [-0.2, -0.15) is 0 Å². The molecule has 3 N–H and O–H groups in total. The molecule has 1 atom stereocenters. The average Bonchev–Trinajstić information content (AvgIpc) is 2.97. The Hall–Kier alpha value is -1.10. The molecule has 0 bridgehead atoms. The SMILES string of the molecule is CC(C)(C)CC(N)CC(=O)N(CCC(=O)O)C1CC1. The zero-order chi connectivity index (χ0) is 14.6. The number of hydrogen-bond acceptors (Lipinski definition) is 3. The zero-order valence-electron chi connectivity index (χ0n) is 12.2. The smallest absolute Gasteiger partial charge is 0.305 e. The Labute approximate surface area is 115 Å². The average molecular weight is 270 g/mol. The van der Waals surface area contributed by atoms with Crippen LogP contribution in [0.15, 0.2) is 0 Å². The van der Waals surface area contributed by atoms with Gasteiger partial charge in [-0.3, -0.25) is 9.59 Å². The molecule has 0 aromatic rings. The molecule has 0 radical (unpaired) electrons. The fourth-order valence-electron chi connectivity index (χ4n) is 2.31. The van der Waals surface area contributed by atoms with Crippen molar-refractivity contribution in [2.75, 3.05) is 6.54 Å². The molecule has 1 saturated carbocycles. The Morgan fingerprint density at radius 2 is 1.95 bits per heavy atom. The summed E-state index contributed by atoms with van der Waals surface area (Å²) in [7, 11) is 0. The molecule has 0 spiro atoms. The van der Waals surface area contributed by atoms with Gasteiger partial charge in [-0.1, -0.05) is 20.8 Å². The van der Waals surface area contributed by atoms with Crippen LogP contribution >= 0.6 is 0 Å². The number of carbonyl (C=O) groups excluding carboxylic acids is 1. The van der Waals surface area contributed by atoms with Crippen LogP contribution in [0.2, 0.25) is 0 Å². The lowest BCUT2D eigenvalue weighted by molar-refractivity contribution is -0.138. The lowest BCUT2D eigenvalue weighted by Crippen LogP contribution is -2.39. The number of carboxylic acids is 1. The Morgan fingerprint density at radius 1 is 1.37 bits per heavy atom. The lowest BCUT2D eigenvalue weighted by Gasteiger charge is -2.26. The summed E-state index contributed by atoms with van der Waals surface area (Å²) in [5, 5.41) is 8.72. The Balaban J connectivity index is 2.45. The first-order valence-corrected chi connectivity index (χ1v) is 6.96. The van der Waals surface area contributed by atoms with Crippen LogP contribution in [-0.4, -0.2) is 40.5 Å². The van der Waals surface area contributed by atoms with Gasteiger partial charge in [0.2, 0.25) is 5.91 Å². The first-order chi connectivity index (χ1) is 8.69. The third kappa shape index (κ3) is 6.57. The molecule has 1 fully saturated rings. The highest BCUT2D eigenvalue weighted by atomic mass is 16.4. The van der Waals surface area contributed by atoms with Crippen molar-refractivity contribution in [1.29, 1.82) is 0 Å². The summed E-state index contributed by atoms with van der Waals surface area (Å²) in [6.45, 7) is 6.60. The molecule has 110 valence electrons. The normalized spacial score (nSPS) is 17.1. The fraction of sp³-hybridized carbons (Fsp3) is 0.857. The summed E-state index contributed by atoms with van der Waals surface area (Å²) in [5.74, 6) is -0.863. The number of nitrogens with zero attached hydrogens (tertiary/aromatic N) is 1. The topological polar surface area (TPSA) is 83.6 Å². The van der Waals surface area contributed by atoms with E-state index in [2.05, 4.69) is 20.8 Å². The Bertz CT molecular complexity index is 332. The number of aliphatic carboxylic acids is 1. The maximum atomic E-state index is 12.2. The second-order valence-electron chi connectivity index (χ2n) is 6.69. The molecule has 0 aromatic carbocycles. The highest BCUT2D eigenvalue weighted by molar-refractivity contribution is 5.78. The van der Waals surface area contributed by atoms with Gasteiger partial charge in [0.1, 0.15) is 0 Å². The first kappa shape index (κ1) is 16.0. The van der Waals surface area contributed by atoms with Crippen molar-refractivity contribution in [2.45, 2.75) is 65.0 Å². The maximum Gasteiger partial charge on any atom is 0.305 e. The molecule has 1 rings (SSSR count). The number of amides is 1. The molecular formula is C14H26N2O3. The van der Waals surface area contributed by atoms with E-state index in [-0.39, 0.29) is 29.8 Å². The van der Waals surface area contributed by atoms with Crippen molar-refractivity contribution in [3.63, 3.8) is 0 Å². The lowest BCUT2D eigenvalue weighted by atomic mass is 9.87. The number of hydrogen-bond donors (Lipinski definition) is 2. The van der Waals surface area contributed by atoms with Gasteiger partial charge < -0.3 is 15.7 Å². The predicted molar refractivity (Wildman–Crippen MR) is 73.7 cm³/mol. The van der Waals surface area contributed by atoms with Gasteiger partial charge in [0, 0.05) is 25.0 Å². The third-order valence-electron chi connectivity index (χ3n) is 3.19. The quantitative estimate of drug-likeness (QED) is 0.736. The van der Waals surface area contributed by atoms with E-state index in [1.165, 1.54) is 0 Å². The predicted octanol–water partition coefficient (Wildman–Crippen LogP) is 1.61. The summed E-state index contributed by atoms with van der Waals surface area (Å²) >= 11 is 0. The summed E-state index contributed by atoms with van der Waals surface area (Å²) < 4.78 is 0. The fourth-order valence-corrected chi connectivity index (χ4v) is 2.31. The van der Waals surface area contributed by atoms with Crippen molar-refractivity contribution in [1.82, 2.24) is 4.90 Å². The third-order valence-corrected chi connectivity index (χ3v) is 3.19. The molecule has 1 aliphatic carbocycles. The van der Waals surface area contributed by atoms with Crippen LogP contribution in [0.5, 0.6) is 0 Å². The van der Waals surface area contributed by atoms with E-state index in [9.17, 15) is 9.59 Å². The Morgan fingerprint density at radius 3 is 2.37 bits per heavy atom. The first-order valence-electron chi connectivity index (χ1n) is 6.96. The van der Waals surface area contributed by atoms with Crippen molar-refractivity contribution in [3.8, 4) is 0 Å². The van der Waals surface area contributed by atoms with Gasteiger partial charge in [0.05, 0.1) is 6.42 Å². The van der Waals surface area contributed by atoms with Crippen LogP contribution in [0, 0.1) is 5.41 Å². The van der Waals surface area contributed by atoms with Crippen LogP contribution in [0.1, 0.15) is 52.9 Å². The summed E-state index contributed by atoms with van der Waals surface area (Å²) in [6.07, 6.45) is 3.08. The Kier molecular flexibility index (Phi) is 5.35. The van der Waals surface area contributed by atoms with Gasteiger partial charge in [-0.25, -0.2) is 0 Å². The van der Waals surface area contributed by atoms with Crippen LogP contribution in [0.25, 0.3) is 0 Å². The monoisotopic (exact) mass is 270 g/mol. The molecule has 5 nitrogen and oxygen atoms in total. The maximum absolute atomic E-state index is 12.2. The summed E-state index contributed by atoms with van der Waals surface area (Å²) in [4.78, 5) is 24.5. The summed E-state index contributed by atoms with van der Waals surface area (Å²) in [6, 6.07) is 0.0901. The minimum atomic E-state index is -0.863. The standard InChI is InChI=1S/C14H26N2O3/c1-14(2,3)9-10(15)8-12(17)16(11-4-5-11)7-6-13(18)19/h10-11H,4-9,15H2,1-3H3,(H,18,19). The van der Waals surface area contributed by atoms with Crippen molar-refractivity contribution < 1.29 is 14.7 Å². The van der Waals surface area contributed by atoms with Crippen LogP contribution in [0.3, 0.4) is 0 Å².